The third kappa shape index (κ3) is 2.94. The van der Waals surface area contributed by atoms with E-state index in [1.165, 1.54) is 0 Å². The van der Waals surface area contributed by atoms with Crippen molar-refractivity contribution in [1.82, 2.24) is 5.32 Å². The predicted octanol–water partition coefficient (Wildman–Crippen LogP) is 0.856. The molecule has 1 heterocycles. The van der Waals surface area contributed by atoms with E-state index < -0.39 is 10.0 Å². The molecule has 18 heavy (non-hydrogen) atoms. The molecule has 0 amide bonds. The van der Waals surface area contributed by atoms with E-state index in [2.05, 4.69) is 10.0 Å². The van der Waals surface area contributed by atoms with Gasteiger partial charge in [-0.3, -0.25) is 4.72 Å². The Morgan fingerprint density at radius 1 is 1.39 bits per heavy atom. The molecular weight excluding hydrogens is 250 g/mol. The molecule has 100 valence electrons. The van der Waals surface area contributed by atoms with Gasteiger partial charge in [-0.2, -0.15) is 0 Å². The van der Waals surface area contributed by atoms with Crippen molar-refractivity contribution in [2.24, 2.45) is 0 Å². The van der Waals surface area contributed by atoms with Crippen molar-refractivity contribution in [2.75, 3.05) is 36.8 Å². The van der Waals surface area contributed by atoms with Crippen LogP contribution in [0.2, 0.25) is 0 Å². The van der Waals surface area contributed by atoms with Crippen LogP contribution in [0.1, 0.15) is 6.42 Å². The van der Waals surface area contributed by atoms with Crippen molar-refractivity contribution < 1.29 is 8.42 Å². The Kier molecular flexibility index (Phi) is 3.77. The Morgan fingerprint density at radius 3 is 2.78 bits per heavy atom. The molecule has 1 atom stereocenters. The molecule has 2 N–H and O–H groups in total. The fraction of sp³-hybridized carbons (Fsp3) is 0.500. The van der Waals surface area contributed by atoms with Gasteiger partial charge in [-0.15, -0.1) is 0 Å². The van der Waals surface area contributed by atoms with Crippen LogP contribution in [0.3, 0.4) is 0 Å². The highest BCUT2D eigenvalue weighted by Gasteiger charge is 2.28. The lowest BCUT2D eigenvalue weighted by Gasteiger charge is -2.16. The van der Waals surface area contributed by atoms with Crippen LogP contribution in [0.25, 0.3) is 0 Å². The Morgan fingerprint density at radius 2 is 2.17 bits per heavy atom. The fourth-order valence-corrected chi connectivity index (χ4v) is 3.38. The second-order valence-corrected chi connectivity index (χ2v) is 6.67. The first-order valence-electron chi connectivity index (χ1n) is 5.99. The van der Waals surface area contributed by atoms with E-state index in [1.54, 1.807) is 6.07 Å². The fourth-order valence-electron chi connectivity index (χ4n) is 1.99. The lowest BCUT2D eigenvalue weighted by Crippen LogP contribution is -2.29. The normalized spacial score (nSPS) is 19.8. The molecule has 1 fully saturated rings. The summed E-state index contributed by atoms with van der Waals surface area (Å²) < 4.78 is 26.9. The van der Waals surface area contributed by atoms with E-state index in [4.69, 9.17) is 0 Å². The molecule has 1 aliphatic rings. The summed E-state index contributed by atoms with van der Waals surface area (Å²) in [5.41, 5.74) is 1.59. The standard InChI is InChI=1S/C12H19N3O2S/c1-15(2)11-5-3-4-10(8-11)14-18(16,17)12-6-7-13-9-12/h3-5,8,12-14H,6-7,9H2,1-2H3. The number of anilines is 2. The highest BCUT2D eigenvalue weighted by Crippen LogP contribution is 2.20. The summed E-state index contributed by atoms with van der Waals surface area (Å²) in [5, 5.41) is 2.73. The Bertz CT molecular complexity index is 508. The van der Waals surface area contributed by atoms with Crippen LogP contribution in [0.15, 0.2) is 24.3 Å². The Balaban J connectivity index is 2.15. The zero-order valence-electron chi connectivity index (χ0n) is 10.7. The summed E-state index contributed by atoms with van der Waals surface area (Å²) in [4.78, 5) is 1.94. The second-order valence-electron chi connectivity index (χ2n) is 4.71. The third-order valence-electron chi connectivity index (χ3n) is 3.08. The number of nitrogens with one attached hydrogen (secondary N) is 2. The van der Waals surface area contributed by atoms with Gasteiger partial charge in [0, 0.05) is 26.3 Å². The molecule has 0 bridgehead atoms. The van der Waals surface area contributed by atoms with Crippen molar-refractivity contribution in [1.29, 1.82) is 0 Å². The summed E-state index contributed by atoms with van der Waals surface area (Å²) in [5.74, 6) is 0. The van der Waals surface area contributed by atoms with E-state index in [9.17, 15) is 8.42 Å². The monoisotopic (exact) mass is 269 g/mol. The average molecular weight is 269 g/mol. The molecule has 1 aromatic carbocycles. The van der Waals surface area contributed by atoms with Gasteiger partial charge in [-0.05, 0) is 31.2 Å². The number of nitrogens with zero attached hydrogens (tertiary/aromatic N) is 1. The van der Waals surface area contributed by atoms with Crippen LogP contribution in [-0.2, 0) is 10.0 Å². The number of sulfonamides is 1. The largest absolute Gasteiger partial charge is 0.378 e. The van der Waals surface area contributed by atoms with Crippen molar-refractivity contribution in [2.45, 2.75) is 11.7 Å². The van der Waals surface area contributed by atoms with E-state index in [0.717, 1.165) is 12.2 Å². The highest BCUT2D eigenvalue weighted by atomic mass is 32.2. The molecule has 2 rings (SSSR count). The molecule has 6 heteroatoms. The van der Waals surface area contributed by atoms with E-state index in [0.29, 0.717) is 18.7 Å². The van der Waals surface area contributed by atoms with Gasteiger partial charge >= 0.3 is 0 Å². The zero-order valence-corrected chi connectivity index (χ0v) is 11.5. The number of hydrogen-bond acceptors (Lipinski definition) is 4. The highest BCUT2D eigenvalue weighted by molar-refractivity contribution is 7.93. The van der Waals surface area contributed by atoms with Crippen LogP contribution in [-0.4, -0.2) is 40.9 Å². The lowest BCUT2D eigenvalue weighted by molar-refractivity contribution is 0.588. The Labute approximate surface area is 108 Å². The van der Waals surface area contributed by atoms with Gasteiger partial charge in [0.2, 0.25) is 10.0 Å². The average Bonchev–Trinajstić information content (AvgIpc) is 2.82. The quantitative estimate of drug-likeness (QED) is 0.851. The van der Waals surface area contributed by atoms with Gasteiger partial charge in [0.25, 0.3) is 0 Å². The first kappa shape index (κ1) is 13.2. The second kappa shape index (κ2) is 5.16. The molecule has 1 aliphatic heterocycles. The van der Waals surface area contributed by atoms with Crippen LogP contribution in [0.4, 0.5) is 11.4 Å². The zero-order chi connectivity index (χ0) is 13.2. The molecule has 0 radical (unpaired) electrons. The summed E-state index contributed by atoms with van der Waals surface area (Å²) >= 11 is 0. The van der Waals surface area contributed by atoms with E-state index in [1.807, 2.05) is 37.2 Å². The van der Waals surface area contributed by atoms with Gasteiger partial charge in [0.1, 0.15) is 0 Å². The topological polar surface area (TPSA) is 61.4 Å². The van der Waals surface area contributed by atoms with Crippen LogP contribution in [0.5, 0.6) is 0 Å². The van der Waals surface area contributed by atoms with Crippen molar-refractivity contribution in [3.05, 3.63) is 24.3 Å². The molecule has 1 unspecified atom stereocenters. The predicted molar refractivity (Wildman–Crippen MR) is 74.6 cm³/mol. The molecule has 0 aliphatic carbocycles. The minimum Gasteiger partial charge on any atom is -0.378 e. The van der Waals surface area contributed by atoms with Crippen molar-refractivity contribution in [3.8, 4) is 0 Å². The van der Waals surface area contributed by atoms with Gasteiger partial charge in [0.05, 0.1) is 10.9 Å². The van der Waals surface area contributed by atoms with Gasteiger partial charge in [0.15, 0.2) is 0 Å². The molecule has 0 aromatic heterocycles. The summed E-state index contributed by atoms with van der Waals surface area (Å²) in [6.45, 7) is 1.30. The van der Waals surface area contributed by atoms with E-state index in [-0.39, 0.29) is 5.25 Å². The van der Waals surface area contributed by atoms with Gasteiger partial charge in [-0.1, -0.05) is 6.07 Å². The number of hydrogen-bond donors (Lipinski definition) is 2. The molecule has 1 aromatic rings. The maximum atomic E-state index is 12.1. The molecule has 0 saturated carbocycles. The van der Waals surface area contributed by atoms with Crippen LogP contribution < -0.4 is 14.9 Å². The van der Waals surface area contributed by atoms with Gasteiger partial charge in [-0.25, -0.2) is 8.42 Å². The molecule has 0 spiro atoms. The first-order chi connectivity index (χ1) is 8.49. The summed E-state index contributed by atoms with van der Waals surface area (Å²) in [6, 6.07) is 7.39. The van der Waals surface area contributed by atoms with Crippen LogP contribution in [0, 0.1) is 0 Å². The minimum atomic E-state index is -3.29. The Hall–Kier alpha value is -1.27. The smallest absolute Gasteiger partial charge is 0.236 e. The summed E-state index contributed by atoms with van der Waals surface area (Å²) in [7, 11) is 0.564. The van der Waals surface area contributed by atoms with E-state index >= 15 is 0 Å². The molecule has 1 saturated heterocycles. The van der Waals surface area contributed by atoms with Gasteiger partial charge < -0.3 is 10.2 Å². The first-order valence-corrected chi connectivity index (χ1v) is 7.53. The third-order valence-corrected chi connectivity index (χ3v) is 4.88. The number of benzene rings is 1. The van der Waals surface area contributed by atoms with Crippen molar-refractivity contribution in [3.63, 3.8) is 0 Å². The SMILES string of the molecule is CN(C)c1cccc(NS(=O)(=O)C2CCNC2)c1. The van der Waals surface area contributed by atoms with Crippen LogP contribution >= 0.6 is 0 Å². The molecule has 5 nitrogen and oxygen atoms in total. The molecular formula is C12H19N3O2S. The van der Waals surface area contributed by atoms with Crippen molar-refractivity contribution >= 4 is 21.4 Å². The summed E-state index contributed by atoms with van der Waals surface area (Å²) in [6.07, 6.45) is 0.669. The number of rotatable bonds is 4. The maximum absolute atomic E-state index is 12.1. The lowest BCUT2D eigenvalue weighted by atomic mass is 10.3. The minimum absolute atomic E-state index is 0.333. The maximum Gasteiger partial charge on any atom is 0.236 e.